The third-order valence-corrected chi connectivity index (χ3v) is 5.95. The lowest BCUT2D eigenvalue weighted by Crippen LogP contribution is -2.43. The van der Waals surface area contributed by atoms with Gasteiger partial charge in [-0.1, -0.05) is 29.4 Å². The third kappa shape index (κ3) is 3.36. The number of piperidine rings is 1. The van der Waals surface area contributed by atoms with Crippen LogP contribution in [0.15, 0.2) is 68.6 Å². The van der Waals surface area contributed by atoms with Gasteiger partial charge in [-0.3, -0.25) is 24.5 Å². The summed E-state index contributed by atoms with van der Waals surface area (Å²) in [5.41, 5.74) is 2.44. The fourth-order valence-corrected chi connectivity index (χ4v) is 4.33. The van der Waals surface area contributed by atoms with E-state index in [0.717, 1.165) is 21.9 Å². The van der Waals surface area contributed by atoms with E-state index in [0.29, 0.717) is 29.2 Å². The minimum atomic E-state index is -0.809. The highest BCUT2D eigenvalue weighted by molar-refractivity contribution is 6.00. The van der Waals surface area contributed by atoms with Crippen LogP contribution in [0.2, 0.25) is 0 Å². The van der Waals surface area contributed by atoms with E-state index in [2.05, 4.69) is 20.4 Å². The van der Waals surface area contributed by atoms with Gasteiger partial charge in [0.15, 0.2) is 5.58 Å². The summed E-state index contributed by atoms with van der Waals surface area (Å²) in [5, 5.41) is 8.36. The van der Waals surface area contributed by atoms with Crippen LogP contribution in [0, 0.1) is 0 Å². The monoisotopic (exact) mass is 455 g/mol. The standard InChI is InChI=1S/C24H17N5O5/c30-20-7-5-17(23(31)26-20)29-18-10-13(4-6-19(18)33-24(29)32)11-21-27-22(28-34-21)15-3-1-2-14-8-9-25-12-16(14)15/h1-4,6,8-10,12,17H,5,7,11H2,(H,26,30,31). The second kappa shape index (κ2) is 7.77. The maximum atomic E-state index is 12.5. The quantitative estimate of drug-likeness (QED) is 0.409. The van der Waals surface area contributed by atoms with Crippen LogP contribution < -0.4 is 11.1 Å². The first-order chi connectivity index (χ1) is 16.6. The number of rotatable bonds is 4. The third-order valence-electron chi connectivity index (χ3n) is 5.95. The van der Waals surface area contributed by atoms with Gasteiger partial charge in [0.1, 0.15) is 6.04 Å². The largest absolute Gasteiger partial charge is 0.420 e. The zero-order chi connectivity index (χ0) is 23.2. The molecule has 0 aliphatic carbocycles. The molecule has 2 aromatic carbocycles. The van der Waals surface area contributed by atoms with Crippen LogP contribution in [0.3, 0.4) is 0 Å². The van der Waals surface area contributed by atoms with E-state index in [9.17, 15) is 14.4 Å². The zero-order valence-electron chi connectivity index (χ0n) is 17.7. The molecule has 0 radical (unpaired) electrons. The number of fused-ring (bicyclic) bond motifs is 2. The molecule has 5 aromatic rings. The zero-order valence-corrected chi connectivity index (χ0v) is 17.7. The molecule has 6 rings (SSSR count). The maximum Gasteiger partial charge on any atom is 0.420 e. The molecule has 10 heteroatoms. The topological polar surface area (TPSA) is 133 Å². The molecular weight excluding hydrogens is 438 g/mol. The lowest BCUT2D eigenvalue weighted by molar-refractivity contribution is -0.135. The minimum Gasteiger partial charge on any atom is -0.408 e. The molecule has 0 bridgehead atoms. The van der Waals surface area contributed by atoms with Crippen molar-refractivity contribution in [1.29, 1.82) is 0 Å². The highest BCUT2D eigenvalue weighted by Crippen LogP contribution is 2.27. The molecule has 1 N–H and O–H groups in total. The predicted molar refractivity (Wildman–Crippen MR) is 120 cm³/mol. The van der Waals surface area contributed by atoms with E-state index >= 15 is 0 Å². The molecule has 4 heterocycles. The fourth-order valence-electron chi connectivity index (χ4n) is 4.33. The van der Waals surface area contributed by atoms with Gasteiger partial charge in [0.2, 0.25) is 23.5 Å². The SMILES string of the molecule is O=C1CCC(n2c(=O)oc3ccc(Cc4nc(-c5cccc6ccncc56)no4)cc32)C(=O)N1. The molecule has 1 unspecified atom stereocenters. The lowest BCUT2D eigenvalue weighted by atomic mass is 10.1. The number of imide groups is 1. The number of carbonyl (C=O) groups is 2. The molecule has 34 heavy (non-hydrogen) atoms. The summed E-state index contributed by atoms with van der Waals surface area (Å²) < 4.78 is 12.1. The van der Waals surface area contributed by atoms with Crippen molar-refractivity contribution < 1.29 is 18.5 Å². The lowest BCUT2D eigenvalue weighted by Gasteiger charge is -2.21. The Kier molecular flexibility index (Phi) is 4.58. The summed E-state index contributed by atoms with van der Waals surface area (Å²) in [7, 11) is 0. The first-order valence-electron chi connectivity index (χ1n) is 10.7. The van der Waals surface area contributed by atoms with Crippen molar-refractivity contribution in [2.24, 2.45) is 0 Å². The summed E-state index contributed by atoms with van der Waals surface area (Å²) in [6, 6.07) is 12.2. The van der Waals surface area contributed by atoms with E-state index in [-0.39, 0.29) is 18.7 Å². The number of nitrogens with zero attached hydrogens (tertiary/aromatic N) is 4. The summed E-state index contributed by atoms with van der Waals surface area (Å²) in [6.45, 7) is 0. The van der Waals surface area contributed by atoms with Gasteiger partial charge in [-0.05, 0) is 35.6 Å². The van der Waals surface area contributed by atoms with E-state index in [1.54, 1.807) is 30.6 Å². The Labute approximate surface area is 191 Å². The molecule has 10 nitrogen and oxygen atoms in total. The Bertz CT molecular complexity index is 1640. The van der Waals surface area contributed by atoms with Crippen LogP contribution in [0.4, 0.5) is 0 Å². The Morgan fingerprint density at radius 3 is 2.91 bits per heavy atom. The molecule has 168 valence electrons. The van der Waals surface area contributed by atoms with Crippen LogP contribution in [0.25, 0.3) is 33.3 Å². The van der Waals surface area contributed by atoms with Crippen molar-refractivity contribution in [3.8, 4) is 11.4 Å². The van der Waals surface area contributed by atoms with Crippen LogP contribution >= 0.6 is 0 Å². The van der Waals surface area contributed by atoms with E-state index in [4.69, 9.17) is 8.94 Å². The van der Waals surface area contributed by atoms with Crippen LogP contribution in [-0.2, 0) is 16.0 Å². The van der Waals surface area contributed by atoms with Gasteiger partial charge >= 0.3 is 5.76 Å². The molecule has 2 amide bonds. The van der Waals surface area contributed by atoms with Gasteiger partial charge in [0, 0.05) is 29.8 Å². The Morgan fingerprint density at radius 2 is 2.03 bits per heavy atom. The first-order valence-corrected chi connectivity index (χ1v) is 10.7. The number of pyridine rings is 1. The first kappa shape index (κ1) is 20.0. The normalized spacial score (nSPS) is 16.3. The second-order valence-corrected chi connectivity index (χ2v) is 8.10. The van der Waals surface area contributed by atoms with Crippen LogP contribution in [0.1, 0.15) is 30.3 Å². The van der Waals surface area contributed by atoms with Gasteiger partial charge in [-0.25, -0.2) is 4.79 Å². The van der Waals surface area contributed by atoms with Gasteiger partial charge in [-0.15, -0.1) is 0 Å². The Balaban J connectivity index is 1.33. The van der Waals surface area contributed by atoms with Crippen molar-refractivity contribution in [3.63, 3.8) is 0 Å². The summed E-state index contributed by atoms with van der Waals surface area (Å²) >= 11 is 0. The molecule has 1 atom stereocenters. The van der Waals surface area contributed by atoms with Crippen molar-refractivity contribution in [1.82, 2.24) is 25.0 Å². The minimum absolute atomic E-state index is 0.156. The average molecular weight is 455 g/mol. The number of hydrogen-bond acceptors (Lipinski definition) is 8. The average Bonchev–Trinajstić information content (AvgIpc) is 3.42. The molecule has 0 saturated carbocycles. The molecule has 1 aliphatic rings. The summed E-state index contributed by atoms with van der Waals surface area (Å²) in [4.78, 5) is 45.1. The highest BCUT2D eigenvalue weighted by atomic mass is 16.5. The number of aromatic nitrogens is 4. The van der Waals surface area contributed by atoms with Crippen molar-refractivity contribution in [2.75, 3.05) is 0 Å². The molecule has 1 fully saturated rings. The molecule has 0 spiro atoms. The fraction of sp³-hybridized carbons (Fsp3) is 0.167. The van der Waals surface area contributed by atoms with E-state index in [1.165, 1.54) is 4.57 Å². The number of amides is 2. The molecule has 3 aromatic heterocycles. The maximum absolute atomic E-state index is 12.5. The number of carbonyl (C=O) groups excluding carboxylic acids is 2. The molecule has 1 saturated heterocycles. The van der Waals surface area contributed by atoms with Gasteiger partial charge in [0.25, 0.3) is 0 Å². The Morgan fingerprint density at radius 1 is 1.12 bits per heavy atom. The second-order valence-electron chi connectivity index (χ2n) is 8.10. The van der Waals surface area contributed by atoms with E-state index in [1.807, 2.05) is 24.3 Å². The van der Waals surface area contributed by atoms with Crippen molar-refractivity contribution in [3.05, 3.63) is 76.9 Å². The highest BCUT2D eigenvalue weighted by Gasteiger charge is 2.31. The van der Waals surface area contributed by atoms with Crippen molar-refractivity contribution >= 4 is 33.7 Å². The molecular formula is C24H17N5O5. The number of nitrogens with one attached hydrogen (secondary N) is 1. The van der Waals surface area contributed by atoms with Crippen LogP contribution in [0.5, 0.6) is 0 Å². The molecule has 1 aliphatic heterocycles. The van der Waals surface area contributed by atoms with Gasteiger partial charge in [-0.2, -0.15) is 4.98 Å². The smallest absolute Gasteiger partial charge is 0.408 e. The number of oxazole rings is 1. The van der Waals surface area contributed by atoms with Gasteiger partial charge in [0.05, 0.1) is 11.9 Å². The van der Waals surface area contributed by atoms with Crippen molar-refractivity contribution in [2.45, 2.75) is 25.3 Å². The van der Waals surface area contributed by atoms with Gasteiger partial charge < -0.3 is 8.94 Å². The van der Waals surface area contributed by atoms with E-state index < -0.39 is 17.7 Å². The number of benzene rings is 2. The predicted octanol–water partition coefficient (Wildman–Crippen LogP) is 2.76. The Hall–Kier alpha value is -4.60. The van der Waals surface area contributed by atoms with Crippen LogP contribution in [-0.4, -0.2) is 31.5 Å². The summed E-state index contributed by atoms with van der Waals surface area (Å²) in [5.74, 6) is -0.659. The number of hydrogen-bond donors (Lipinski definition) is 1. The summed E-state index contributed by atoms with van der Waals surface area (Å²) in [6.07, 6.45) is 4.20.